The Bertz CT molecular complexity index is 298. The average Bonchev–Trinajstić information content (AvgIpc) is 2.27. The van der Waals surface area contributed by atoms with Crippen molar-refractivity contribution in [3.05, 3.63) is 35.9 Å². The highest BCUT2D eigenvalue weighted by atomic mass is 16.2. The van der Waals surface area contributed by atoms with E-state index in [4.69, 9.17) is 0 Å². The molecule has 0 bridgehead atoms. The Morgan fingerprint density at radius 1 is 1.33 bits per heavy atom. The van der Waals surface area contributed by atoms with Crippen LogP contribution in [0.1, 0.15) is 12.5 Å². The molecule has 1 amide bonds. The molecule has 1 aromatic rings. The fourth-order valence-electron chi connectivity index (χ4n) is 1.47. The van der Waals surface area contributed by atoms with Crippen LogP contribution >= 0.6 is 0 Å². The highest BCUT2D eigenvalue weighted by Crippen LogP contribution is 2.02. The van der Waals surface area contributed by atoms with Crippen LogP contribution in [0.3, 0.4) is 0 Å². The summed E-state index contributed by atoms with van der Waals surface area (Å²) in [5.74, 6) is 0.0591. The summed E-state index contributed by atoms with van der Waals surface area (Å²) in [5.41, 5.74) is 1.17. The number of carbonyl (C=O) groups excluding carboxylic acids is 1. The fourth-order valence-corrected chi connectivity index (χ4v) is 1.47. The Balaban J connectivity index is 2.58. The van der Waals surface area contributed by atoms with Gasteiger partial charge in [-0.05, 0) is 26.0 Å². The minimum absolute atomic E-state index is 0.0591. The van der Waals surface area contributed by atoms with E-state index < -0.39 is 0 Å². The lowest BCUT2D eigenvalue weighted by Crippen LogP contribution is -2.43. The molecule has 0 heterocycles. The van der Waals surface area contributed by atoms with Gasteiger partial charge in [0.05, 0.1) is 6.04 Å². The number of rotatable bonds is 5. The molecule has 0 spiro atoms. The van der Waals surface area contributed by atoms with Crippen LogP contribution in [0.15, 0.2) is 30.3 Å². The zero-order chi connectivity index (χ0) is 11.1. The minimum Gasteiger partial charge on any atom is -0.355 e. The predicted molar refractivity (Wildman–Crippen MR) is 61.7 cm³/mol. The second kappa shape index (κ2) is 6.19. The molecule has 0 fully saturated rings. The molecule has 2 N–H and O–H groups in total. The van der Waals surface area contributed by atoms with Crippen molar-refractivity contribution < 1.29 is 4.79 Å². The van der Waals surface area contributed by atoms with E-state index in [1.165, 1.54) is 5.56 Å². The van der Waals surface area contributed by atoms with Crippen LogP contribution in [0, 0.1) is 0 Å². The number of nitrogens with one attached hydrogen (secondary N) is 2. The van der Waals surface area contributed by atoms with E-state index in [9.17, 15) is 4.79 Å². The second-order valence-corrected chi connectivity index (χ2v) is 3.43. The van der Waals surface area contributed by atoms with Crippen LogP contribution in [0.25, 0.3) is 0 Å². The second-order valence-electron chi connectivity index (χ2n) is 3.43. The normalized spacial score (nSPS) is 12.1. The summed E-state index contributed by atoms with van der Waals surface area (Å²) >= 11 is 0. The van der Waals surface area contributed by atoms with Gasteiger partial charge in [0, 0.05) is 6.54 Å². The fraction of sp³-hybridized carbons (Fsp3) is 0.417. The van der Waals surface area contributed by atoms with E-state index >= 15 is 0 Å². The molecule has 3 heteroatoms. The largest absolute Gasteiger partial charge is 0.355 e. The van der Waals surface area contributed by atoms with Gasteiger partial charge in [-0.3, -0.25) is 4.79 Å². The highest BCUT2D eigenvalue weighted by Gasteiger charge is 2.15. The van der Waals surface area contributed by atoms with Gasteiger partial charge in [0.25, 0.3) is 0 Å². The Morgan fingerprint density at radius 2 is 2.00 bits per heavy atom. The van der Waals surface area contributed by atoms with Gasteiger partial charge < -0.3 is 10.6 Å². The summed E-state index contributed by atoms with van der Waals surface area (Å²) in [4.78, 5) is 11.6. The molecule has 0 aliphatic heterocycles. The SMILES string of the molecule is CCNC(=O)[C@@H](Cc1ccccc1)NC. The van der Waals surface area contributed by atoms with Crippen LogP contribution in [-0.2, 0) is 11.2 Å². The summed E-state index contributed by atoms with van der Waals surface area (Å²) in [6.45, 7) is 2.60. The molecular formula is C12H18N2O. The van der Waals surface area contributed by atoms with Gasteiger partial charge in [-0.25, -0.2) is 0 Å². The van der Waals surface area contributed by atoms with Crippen LogP contribution in [-0.4, -0.2) is 25.5 Å². The number of hydrogen-bond acceptors (Lipinski definition) is 2. The Morgan fingerprint density at radius 3 is 2.53 bits per heavy atom. The zero-order valence-corrected chi connectivity index (χ0v) is 9.29. The van der Waals surface area contributed by atoms with Crippen molar-refractivity contribution in [2.75, 3.05) is 13.6 Å². The summed E-state index contributed by atoms with van der Waals surface area (Å²) in [6.07, 6.45) is 0.725. The maximum absolute atomic E-state index is 11.6. The van der Waals surface area contributed by atoms with E-state index in [0.29, 0.717) is 6.54 Å². The van der Waals surface area contributed by atoms with Crippen molar-refractivity contribution in [2.24, 2.45) is 0 Å². The Hall–Kier alpha value is -1.35. The third-order valence-corrected chi connectivity index (χ3v) is 2.30. The molecule has 0 saturated heterocycles. The highest BCUT2D eigenvalue weighted by molar-refractivity contribution is 5.81. The van der Waals surface area contributed by atoms with E-state index in [1.54, 1.807) is 0 Å². The van der Waals surface area contributed by atoms with Gasteiger partial charge in [-0.1, -0.05) is 30.3 Å². The molecule has 82 valence electrons. The molecule has 0 saturated carbocycles. The topological polar surface area (TPSA) is 41.1 Å². The maximum Gasteiger partial charge on any atom is 0.237 e. The van der Waals surface area contributed by atoms with Crippen LogP contribution < -0.4 is 10.6 Å². The van der Waals surface area contributed by atoms with Crippen LogP contribution in [0.2, 0.25) is 0 Å². The van der Waals surface area contributed by atoms with Crippen molar-refractivity contribution in [3.8, 4) is 0 Å². The Kier molecular flexibility index (Phi) is 4.84. The molecule has 0 aliphatic rings. The van der Waals surface area contributed by atoms with Crippen molar-refractivity contribution in [3.63, 3.8) is 0 Å². The molecule has 0 aromatic heterocycles. The number of carbonyl (C=O) groups is 1. The molecular weight excluding hydrogens is 188 g/mol. The Labute approximate surface area is 90.9 Å². The quantitative estimate of drug-likeness (QED) is 0.753. The van der Waals surface area contributed by atoms with Gasteiger partial charge in [0.1, 0.15) is 0 Å². The van der Waals surface area contributed by atoms with Crippen LogP contribution in [0.5, 0.6) is 0 Å². The molecule has 1 atom stereocenters. The molecule has 1 rings (SSSR count). The van der Waals surface area contributed by atoms with Gasteiger partial charge >= 0.3 is 0 Å². The first-order valence-corrected chi connectivity index (χ1v) is 5.26. The van der Waals surface area contributed by atoms with E-state index in [-0.39, 0.29) is 11.9 Å². The third kappa shape index (κ3) is 3.72. The molecule has 3 nitrogen and oxygen atoms in total. The van der Waals surface area contributed by atoms with Gasteiger partial charge in [0.2, 0.25) is 5.91 Å². The van der Waals surface area contributed by atoms with Gasteiger partial charge in [-0.2, -0.15) is 0 Å². The summed E-state index contributed by atoms with van der Waals surface area (Å²) in [5, 5.41) is 5.84. The maximum atomic E-state index is 11.6. The zero-order valence-electron chi connectivity index (χ0n) is 9.29. The lowest BCUT2D eigenvalue weighted by atomic mass is 10.1. The average molecular weight is 206 g/mol. The summed E-state index contributed by atoms with van der Waals surface area (Å²) in [7, 11) is 1.81. The minimum atomic E-state index is -0.146. The molecule has 0 unspecified atom stereocenters. The van der Waals surface area contributed by atoms with E-state index in [2.05, 4.69) is 10.6 Å². The molecule has 1 aromatic carbocycles. The molecule has 0 radical (unpaired) electrons. The lowest BCUT2D eigenvalue weighted by Gasteiger charge is -2.15. The van der Waals surface area contributed by atoms with Crippen molar-refractivity contribution in [2.45, 2.75) is 19.4 Å². The number of likely N-dealkylation sites (N-methyl/N-ethyl adjacent to an activating group) is 2. The van der Waals surface area contributed by atoms with E-state index in [1.807, 2.05) is 44.3 Å². The predicted octanol–water partition coefficient (Wildman–Crippen LogP) is 0.953. The van der Waals surface area contributed by atoms with Gasteiger partial charge in [-0.15, -0.1) is 0 Å². The summed E-state index contributed by atoms with van der Waals surface area (Å²) in [6, 6.07) is 9.86. The third-order valence-electron chi connectivity index (χ3n) is 2.30. The first-order chi connectivity index (χ1) is 7.27. The van der Waals surface area contributed by atoms with Crippen LogP contribution in [0.4, 0.5) is 0 Å². The molecule has 15 heavy (non-hydrogen) atoms. The van der Waals surface area contributed by atoms with Gasteiger partial charge in [0.15, 0.2) is 0 Å². The monoisotopic (exact) mass is 206 g/mol. The standard InChI is InChI=1S/C12H18N2O/c1-3-14-12(15)11(13-2)9-10-7-5-4-6-8-10/h4-8,11,13H,3,9H2,1-2H3,(H,14,15)/t11-/m1/s1. The molecule has 0 aliphatic carbocycles. The van der Waals surface area contributed by atoms with E-state index in [0.717, 1.165) is 6.42 Å². The first kappa shape index (κ1) is 11.7. The van der Waals surface area contributed by atoms with Crippen molar-refractivity contribution >= 4 is 5.91 Å². The van der Waals surface area contributed by atoms with Crippen molar-refractivity contribution in [1.29, 1.82) is 0 Å². The lowest BCUT2D eigenvalue weighted by molar-refractivity contribution is -0.122. The number of amides is 1. The number of benzene rings is 1. The first-order valence-electron chi connectivity index (χ1n) is 5.26. The summed E-state index contributed by atoms with van der Waals surface area (Å²) < 4.78 is 0. The van der Waals surface area contributed by atoms with Crippen molar-refractivity contribution in [1.82, 2.24) is 10.6 Å². The number of hydrogen-bond donors (Lipinski definition) is 2. The smallest absolute Gasteiger partial charge is 0.237 e.